The van der Waals surface area contributed by atoms with Crippen LogP contribution in [0.3, 0.4) is 0 Å². The lowest BCUT2D eigenvalue weighted by Crippen LogP contribution is -2.04. The smallest absolute Gasteiger partial charge is 0.359 e. The number of carbonyl (C=O) groups is 1. The Bertz CT molecular complexity index is 315. The van der Waals surface area contributed by atoms with E-state index in [0.717, 1.165) is 0 Å². The van der Waals surface area contributed by atoms with Crippen molar-refractivity contribution in [2.24, 2.45) is 7.05 Å². The third-order valence-electron chi connectivity index (χ3n) is 1.46. The van der Waals surface area contributed by atoms with Gasteiger partial charge in [0.25, 0.3) is 0 Å². The topological polar surface area (TPSA) is 44.1 Å². The molecule has 0 fully saturated rings. The van der Waals surface area contributed by atoms with E-state index >= 15 is 0 Å². The van der Waals surface area contributed by atoms with Gasteiger partial charge in [-0.2, -0.15) is 5.10 Å². The van der Waals surface area contributed by atoms with E-state index in [1.54, 1.807) is 24.0 Å². The van der Waals surface area contributed by atoms with Gasteiger partial charge in [0.15, 0.2) is 5.69 Å². The molecule has 0 atom stereocenters. The van der Waals surface area contributed by atoms with Gasteiger partial charge in [-0.25, -0.2) is 4.79 Å². The lowest BCUT2D eigenvalue weighted by atomic mass is 10.2. The molecule has 0 aliphatic rings. The lowest BCUT2D eigenvalue weighted by molar-refractivity contribution is 0.0593. The monoisotopic (exact) mass is 166 g/mol. The Hall–Kier alpha value is -1.58. The van der Waals surface area contributed by atoms with Crippen molar-refractivity contribution in [3.05, 3.63) is 24.0 Å². The number of hydrogen-bond donors (Lipinski definition) is 0. The van der Waals surface area contributed by atoms with Crippen LogP contribution >= 0.6 is 0 Å². The molecule has 1 heterocycles. The summed E-state index contributed by atoms with van der Waals surface area (Å²) in [4.78, 5) is 11.1. The zero-order valence-corrected chi connectivity index (χ0v) is 7.07. The highest BCUT2D eigenvalue weighted by Gasteiger charge is 2.13. The van der Waals surface area contributed by atoms with Crippen molar-refractivity contribution >= 4 is 12.0 Å². The van der Waals surface area contributed by atoms with Gasteiger partial charge in [-0.05, 0) is 0 Å². The van der Waals surface area contributed by atoms with E-state index in [1.807, 2.05) is 0 Å². The summed E-state index contributed by atoms with van der Waals surface area (Å²) in [6.07, 6.45) is 3.28. The van der Waals surface area contributed by atoms with Crippen LogP contribution in [0.5, 0.6) is 0 Å². The minimum Gasteiger partial charge on any atom is -0.464 e. The zero-order valence-electron chi connectivity index (χ0n) is 7.07. The van der Waals surface area contributed by atoms with Crippen LogP contribution in [0.1, 0.15) is 16.1 Å². The Morgan fingerprint density at radius 3 is 3.00 bits per heavy atom. The molecule has 0 bridgehead atoms. The largest absolute Gasteiger partial charge is 0.464 e. The summed E-state index contributed by atoms with van der Waals surface area (Å²) < 4.78 is 6.07. The highest BCUT2D eigenvalue weighted by atomic mass is 16.5. The second-order valence-electron chi connectivity index (χ2n) is 2.30. The molecule has 0 unspecified atom stereocenters. The molecule has 0 amide bonds. The summed E-state index contributed by atoms with van der Waals surface area (Å²) in [6.45, 7) is 3.56. The first-order valence-corrected chi connectivity index (χ1v) is 3.43. The van der Waals surface area contributed by atoms with Gasteiger partial charge in [0.2, 0.25) is 0 Å². The Morgan fingerprint density at radius 2 is 2.50 bits per heavy atom. The van der Waals surface area contributed by atoms with Gasteiger partial charge >= 0.3 is 5.97 Å². The molecule has 0 aliphatic heterocycles. The summed E-state index contributed by atoms with van der Waals surface area (Å²) in [5.41, 5.74) is 0.986. The summed E-state index contributed by atoms with van der Waals surface area (Å²) in [5, 5.41) is 3.92. The summed E-state index contributed by atoms with van der Waals surface area (Å²) in [6, 6.07) is 0. The molecule has 12 heavy (non-hydrogen) atoms. The molecule has 0 saturated heterocycles. The van der Waals surface area contributed by atoms with Gasteiger partial charge in [0.05, 0.1) is 7.11 Å². The van der Waals surface area contributed by atoms with Crippen molar-refractivity contribution in [3.63, 3.8) is 0 Å². The molecule has 1 aromatic heterocycles. The van der Waals surface area contributed by atoms with Gasteiger partial charge in [-0.1, -0.05) is 12.7 Å². The minimum atomic E-state index is -0.439. The maximum Gasteiger partial charge on any atom is 0.359 e. The molecule has 0 saturated carbocycles. The fourth-order valence-corrected chi connectivity index (χ4v) is 0.911. The van der Waals surface area contributed by atoms with Gasteiger partial charge in [0.1, 0.15) is 0 Å². The molecular formula is C8H10N2O2. The fourth-order valence-electron chi connectivity index (χ4n) is 0.911. The summed E-state index contributed by atoms with van der Waals surface area (Å²) >= 11 is 0. The van der Waals surface area contributed by atoms with Crippen LogP contribution in [0.15, 0.2) is 12.8 Å². The zero-order chi connectivity index (χ0) is 9.14. The van der Waals surface area contributed by atoms with Gasteiger partial charge in [-0.15, -0.1) is 0 Å². The van der Waals surface area contributed by atoms with Crippen LogP contribution in [0.2, 0.25) is 0 Å². The molecule has 64 valence electrons. The predicted molar refractivity (Wildman–Crippen MR) is 44.6 cm³/mol. The first-order chi connectivity index (χ1) is 5.69. The quantitative estimate of drug-likeness (QED) is 0.612. The Kier molecular flexibility index (Phi) is 2.28. The maximum absolute atomic E-state index is 11.1. The minimum absolute atomic E-state index is 0.301. The molecule has 4 heteroatoms. The van der Waals surface area contributed by atoms with Gasteiger partial charge < -0.3 is 4.74 Å². The number of ether oxygens (including phenoxy) is 1. The molecule has 0 spiro atoms. The number of carbonyl (C=O) groups excluding carboxylic acids is 1. The van der Waals surface area contributed by atoms with E-state index in [9.17, 15) is 4.79 Å². The first-order valence-electron chi connectivity index (χ1n) is 3.43. The average Bonchev–Trinajstić information content (AvgIpc) is 2.45. The van der Waals surface area contributed by atoms with Crippen molar-refractivity contribution in [1.82, 2.24) is 9.78 Å². The van der Waals surface area contributed by atoms with E-state index in [0.29, 0.717) is 11.3 Å². The van der Waals surface area contributed by atoms with Crippen molar-refractivity contribution in [1.29, 1.82) is 0 Å². The second kappa shape index (κ2) is 3.21. The standard InChI is InChI=1S/C8H10N2O2/c1-4-6-5-10(2)9-7(6)8(11)12-3/h4-5H,1H2,2-3H3. The average molecular weight is 166 g/mol. The molecular weight excluding hydrogens is 156 g/mol. The third-order valence-corrected chi connectivity index (χ3v) is 1.46. The highest BCUT2D eigenvalue weighted by Crippen LogP contribution is 2.08. The SMILES string of the molecule is C=Cc1cn(C)nc1C(=O)OC. The Morgan fingerprint density at radius 1 is 1.83 bits per heavy atom. The molecule has 0 aliphatic carbocycles. The van der Waals surface area contributed by atoms with E-state index in [-0.39, 0.29) is 0 Å². The van der Waals surface area contributed by atoms with Crippen LogP contribution < -0.4 is 0 Å². The van der Waals surface area contributed by atoms with Crippen LogP contribution in [-0.2, 0) is 11.8 Å². The second-order valence-corrected chi connectivity index (χ2v) is 2.30. The molecule has 0 radical (unpaired) electrons. The molecule has 0 aromatic carbocycles. The van der Waals surface area contributed by atoms with E-state index in [2.05, 4.69) is 16.4 Å². The molecule has 1 aromatic rings. The van der Waals surface area contributed by atoms with Crippen molar-refractivity contribution in [3.8, 4) is 0 Å². The lowest BCUT2D eigenvalue weighted by Gasteiger charge is -1.93. The Balaban J connectivity index is 3.12. The normalized spacial score (nSPS) is 9.50. The van der Waals surface area contributed by atoms with Gasteiger partial charge in [0, 0.05) is 18.8 Å². The molecule has 4 nitrogen and oxygen atoms in total. The summed E-state index contributed by atoms with van der Waals surface area (Å²) in [7, 11) is 3.06. The van der Waals surface area contributed by atoms with Crippen LogP contribution in [0, 0.1) is 0 Å². The van der Waals surface area contributed by atoms with E-state index < -0.39 is 5.97 Å². The highest BCUT2D eigenvalue weighted by molar-refractivity contribution is 5.91. The van der Waals surface area contributed by atoms with Crippen LogP contribution in [-0.4, -0.2) is 22.9 Å². The molecule has 1 rings (SSSR count). The maximum atomic E-state index is 11.1. The van der Waals surface area contributed by atoms with Crippen LogP contribution in [0.25, 0.3) is 6.08 Å². The van der Waals surface area contributed by atoms with Crippen molar-refractivity contribution < 1.29 is 9.53 Å². The van der Waals surface area contributed by atoms with Crippen molar-refractivity contribution in [2.75, 3.05) is 7.11 Å². The molecule has 0 N–H and O–H groups in total. The number of nitrogens with zero attached hydrogens (tertiary/aromatic N) is 2. The predicted octanol–water partition coefficient (Wildman–Crippen LogP) is 0.850. The number of hydrogen-bond acceptors (Lipinski definition) is 3. The van der Waals surface area contributed by atoms with Crippen molar-refractivity contribution in [2.45, 2.75) is 0 Å². The van der Waals surface area contributed by atoms with Crippen LogP contribution in [0.4, 0.5) is 0 Å². The summed E-state index contributed by atoms with van der Waals surface area (Å²) in [5.74, 6) is -0.439. The van der Waals surface area contributed by atoms with E-state index in [1.165, 1.54) is 7.11 Å². The van der Waals surface area contributed by atoms with E-state index in [4.69, 9.17) is 0 Å². The third kappa shape index (κ3) is 1.37. The van der Waals surface area contributed by atoms with Gasteiger partial charge in [-0.3, -0.25) is 4.68 Å². The number of esters is 1. The fraction of sp³-hybridized carbons (Fsp3) is 0.250. The number of aromatic nitrogens is 2. The number of methoxy groups -OCH3 is 1. The first kappa shape index (κ1) is 8.52. The number of rotatable bonds is 2. The number of aryl methyl sites for hydroxylation is 1. The Labute approximate surface area is 70.4 Å².